The molecule has 1 aromatic carbocycles. The summed E-state index contributed by atoms with van der Waals surface area (Å²) in [5, 5.41) is 7.92. The first-order valence-electron chi connectivity index (χ1n) is 6.93. The molecule has 1 saturated heterocycles. The predicted molar refractivity (Wildman–Crippen MR) is 77.8 cm³/mol. The molecule has 21 heavy (non-hydrogen) atoms. The van der Waals surface area contributed by atoms with Gasteiger partial charge < -0.3 is 10.1 Å². The molecule has 1 aliphatic rings. The van der Waals surface area contributed by atoms with Gasteiger partial charge in [0.25, 0.3) is 0 Å². The molecule has 2 atom stereocenters. The Hall–Kier alpha value is -1.44. The number of benzene rings is 1. The minimum atomic E-state index is -3.72. The Labute approximate surface area is 124 Å². The van der Waals surface area contributed by atoms with Gasteiger partial charge in [0.05, 0.1) is 16.9 Å². The lowest BCUT2D eigenvalue weighted by Gasteiger charge is -2.16. The third-order valence-corrected chi connectivity index (χ3v) is 4.55. The van der Waals surface area contributed by atoms with Gasteiger partial charge in [-0.25, -0.2) is 13.6 Å². The second-order valence-electron chi connectivity index (χ2n) is 5.12. The predicted octanol–water partition coefficient (Wildman–Crippen LogP) is 0.765. The summed E-state index contributed by atoms with van der Waals surface area (Å²) >= 11 is 0. The van der Waals surface area contributed by atoms with Crippen molar-refractivity contribution in [2.24, 2.45) is 11.1 Å². The minimum Gasteiger partial charge on any atom is -0.377 e. The summed E-state index contributed by atoms with van der Waals surface area (Å²) in [6.07, 6.45) is 1.50. The van der Waals surface area contributed by atoms with Crippen molar-refractivity contribution in [2.45, 2.75) is 37.3 Å². The number of ether oxygens (including phenoxy) is 1. The third-order valence-electron chi connectivity index (χ3n) is 3.64. The van der Waals surface area contributed by atoms with Crippen molar-refractivity contribution in [3.05, 3.63) is 29.8 Å². The van der Waals surface area contributed by atoms with Crippen LogP contribution in [0.15, 0.2) is 29.2 Å². The molecule has 0 aliphatic carbocycles. The van der Waals surface area contributed by atoms with Crippen molar-refractivity contribution < 1.29 is 17.9 Å². The molecular weight excluding hydrogens is 292 g/mol. The molecule has 3 N–H and O–H groups in total. The van der Waals surface area contributed by atoms with E-state index in [1.165, 1.54) is 12.1 Å². The van der Waals surface area contributed by atoms with Gasteiger partial charge in [-0.05, 0) is 30.5 Å². The van der Waals surface area contributed by atoms with Gasteiger partial charge in [0.2, 0.25) is 15.9 Å². The quantitative estimate of drug-likeness (QED) is 0.838. The van der Waals surface area contributed by atoms with Gasteiger partial charge in [0.1, 0.15) is 0 Å². The average molecular weight is 312 g/mol. The summed E-state index contributed by atoms with van der Waals surface area (Å²) in [6, 6.07) is 6.25. The van der Waals surface area contributed by atoms with E-state index >= 15 is 0 Å². The van der Waals surface area contributed by atoms with E-state index in [9.17, 15) is 13.2 Å². The van der Waals surface area contributed by atoms with E-state index in [-0.39, 0.29) is 29.4 Å². The zero-order valence-electron chi connectivity index (χ0n) is 11.9. The molecule has 2 rings (SSSR count). The van der Waals surface area contributed by atoms with Crippen LogP contribution < -0.4 is 10.5 Å². The second kappa shape index (κ2) is 6.55. The lowest BCUT2D eigenvalue weighted by Crippen LogP contribution is -2.34. The summed E-state index contributed by atoms with van der Waals surface area (Å²) < 4.78 is 28.1. The maximum atomic E-state index is 12.1. The van der Waals surface area contributed by atoms with E-state index in [2.05, 4.69) is 5.32 Å². The Morgan fingerprint density at radius 3 is 2.90 bits per heavy atom. The van der Waals surface area contributed by atoms with E-state index in [0.717, 1.165) is 12.8 Å². The van der Waals surface area contributed by atoms with Gasteiger partial charge in [-0.15, -0.1) is 0 Å². The number of rotatable bonds is 5. The van der Waals surface area contributed by atoms with Gasteiger partial charge in [0, 0.05) is 13.2 Å². The van der Waals surface area contributed by atoms with Crippen LogP contribution in [0.4, 0.5) is 0 Å². The van der Waals surface area contributed by atoms with Crippen molar-refractivity contribution in [3.63, 3.8) is 0 Å². The molecule has 1 amide bonds. The first-order valence-corrected chi connectivity index (χ1v) is 8.47. The summed E-state index contributed by atoms with van der Waals surface area (Å²) in [4.78, 5) is 12.2. The molecule has 0 aromatic heterocycles. The summed E-state index contributed by atoms with van der Waals surface area (Å²) in [6.45, 7) is 2.87. The van der Waals surface area contributed by atoms with E-state index in [0.29, 0.717) is 12.2 Å². The molecule has 0 bridgehead atoms. The summed E-state index contributed by atoms with van der Waals surface area (Å²) in [7, 11) is -3.72. The highest BCUT2D eigenvalue weighted by atomic mass is 32.2. The fourth-order valence-electron chi connectivity index (χ4n) is 2.50. The Bertz CT molecular complexity index is 615. The molecular formula is C14H20N2O4S. The topological polar surface area (TPSA) is 98.5 Å². The first kappa shape index (κ1) is 15.9. The molecule has 0 radical (unpaired) electrons. The van der Waals surface area contributed by atoms with E-state index in [1.54, 1.807) is 12.1 Å². The van der Waals surface area contributed by atoms with Gasteiger partial charge in [0.15, 0.2) is 0 Å². The maximum absolute atomic E-state index is 12.1. The van der Waals surface area contributed by atoms with Gasteiger partial charge >= 0.3 is 0 Å². The van der Waals surface area contributed by atoms with Gasteiger partial charge in [-0.3, -0.25) is 4.79 Å². The molecule has 1 heterocycles. The van der Waals surface area contributed by atoms with Crippen LogP contribution in [0.2, 0.25) is 0 Å². The SMILES string of the molecule is CCC1OCCC1C(=O)NCc1cccc(S(N)(=O)=O)c1. The third kappa shape index (κ3) is 4.03. The van der Waals surface area contributed by atoms with Crippen LogP contribution in [-0.4, -0.2) is 27.0 Å². The monoisotopic (exact) mass is 312 g/mol. The average Bonchev–Trinajstić information content (AvgIpc) is 2.92. The largest absolute Gasteiger partial charge is 0.377 e. The van der Waals surface area contributed by atoms with Crippen LogP contribution in [0, 0.1) is 5.92 Å². The Morgan fingerprint density at radius 2 is 2.24 bits per heavy atom. The van der Waals surface area contributed by atoms with Crippen LogP contribution in [-0.2, 0) is 26.1 Å². The highest BCUT2D eigenvalue weighted by Gasteiger charge is 2.32. The van der Waals surface area contributed by atoms with Crippen LogP contribution in [0.3, 0.4) is 0 Å². The Morgan fingerprint density at radius 1 is 1.48 bits per heavy atom. The number of nitrogens with one attached hydrogen (secondary N) is 1. The number of hydrogen-bond acceptors (Lipinski definition) is 4. The first-order chi connectivity index (χ1) is 9.91. The van der Waals surface area contributed by atoms with Crippen molar-refractivity contribution in [1.82, 2.24) is 5.32 Å². The van der Waals surface area contributed by atoms with Crippen molar-refractivity contribution >= 4 is 15.9 Å². The normalized spacial score (nSPS) is 22.2. The summed E-state index contributed by atoms with van der Waals surface area (Å²) in [5.41, 5.74) is 0.696. The number of carbonyl (C=O) groups excluding carboxylic acids is 1. The minimum absolute atomic E-state index is 0.0271. The maximum Gasteiger partial charge on any atom is 0.238 e. The van der Waals surface area contributed by atoms with Crippen molar-refractivity contribution in [1.29, 1.82) is 0 Å². The number of nitrogens with two attached hydrogens (primary N) is 1. The smallest absolute Gasteiger partial charge is 0.238 e. The molecule has 1 aliphatic heterocycles. The van der Waals surface area contributed by atoms with Crippen LogP contribution in [0.1, 0.15) is 25.3 Å². The van der Waals surface area contributed by atoms with E-state index < -0.39 is 10.0 Å². The van der Waals surface area contributed by atoms with Crippen LogP contribution in [0.25, 0.3) is 0 Å². The highest BCUT2D eigenvalue weighted by Crippen LogP contribution is 2.23. The molecule has 6 nitrogen and oxygen atoms in total. The number of amides is 1. The Balaban J connectivity index is 1.98. The molecule has 1 fully saturated rings. The summed E-state index contributed by atoms with van der Waals surface area (Å²) in [5.74, 6) is -0.184. The van der Waals surface area contributed by atoms with Gasteiger partial charge in [-0.1, -0.05) is 19.1 Å². The van der Waals surface area contributed by atoms with Crippen LogP contribution in [0.5, 0.6) is 0 Å². The molecule has 7 heteroatoms. The van der Waals surface area contributed by atoms with E-state index in [4.69, 9.17) is 9.88 Å². The number of hydrogen-bond donors (Lipinski definition) is 2. The Kier molecular flexibility index (Phi) is 4.97. The van der Waals surface area contributed by atoms with Gasteiger partial charge in [-0.2, -0.15) is 0 Å². The lowest BCUT2D eigenvalue weighted by molar-refractivity contribution is -0.126. The van der Waals surface area contributed by atoms with Crippen molar-refractivity contribution in [2.75, 3.05) is 6.61 Å². The highest BCUT2D eigenvalue weighted by molar-refractivity contribution is 7.89. The zero-order valence-corrected chi connectivity index (χ0v) is 12.7. The number of sulfonamides is 1. The molecule has 0 spiro atoms. The number of carbonyl (C=O) groups is 1. The fourth-order valence-corrected chi connectivity index (χ4v) is 3.09. The number of primary sulfonamides is 1. The second-order valence-corrected chi connectivity index (χ2v) is 6.68. The van der Waals surface area contributed by atoms with Crippen LogP contribution >= 0.6 is 0 Å². The molecule has 1 aromatic rings. The molecule has 0 saturated carbocycles. The molecule has 116 valence electrons. The standard InChI is InChI=1S/C14H20N2O4S/c1-2-13-12(6-7-20-13)14(17)16-9-10-4-3-5-11(8-10)21(15,18)19/h3-5,8,12-13H,2,6-7,9H2,1H3,(H,16,17)(H2,15,18,19). The zero-order chi connectivity index (χ0) is 15.5. The van der Waals surface area contributed by atoms with E-state index in [1.807, 2.05) is 6.92 Å². The molecule has 2 unspecified atom stereocenters. The fraction of sp³-hybridized carbons (Fsp3) is 0.500. The van der Waals surface area contributed by atoms with Crippen molar-refractivity contribution in [3.8, 4) is 0 Å². The lowest BCUT2D eigenvalue weighted by atomic mass is 9.98.